The van der Waals surface area contributed by atoms with Crippen LogP contribution < -0.4 is 10.2 Å². The van der Waals surface area contributed by atoms with Crippen molar-refractivity contribution < 1.29 is 23.9 Å². The summed E-state index contributed by atoms with van der Waals surface area (Å²) in [5.74, 6) is -0.519. The minimum absolute atomic E-state index is 0.0537. The van der Waals surface area contributed by atoms with Crippen molar-refractivity contribution in [2.75, 3.05) is 37.6 Å². The Labute approximate surface area is 192 Å². The van der Waals surface area contributed by atoms with Gasteiger partial charge in [-0.05, 0) is 25.8 Å². The Bertz CT molecular complexity index is 896. The SMILES string of the molecule is CC(OC(=O)CCN1C(=O)NC2(CCCCC2)C1=O)C(=O)N1CCN(c2ncccn2)CC1. The van der Waals surface area contributed by atoms with E-state index in [-0.39, 0.29) is 24.8 Å². The first-order valence-electron chi connectivity index (χ1n) is 11.5. The third-order valence-electron chi connectivity index (χ3n) is 6.57. The van der Waals surface area contributed by atoms with E-state index in [1.807, 2.05) is 4.90 Å². The average Bonchev–Trinajstić information content (AvgIpc) is 3.06. The van der Waals surface area contributed by atoms with Crippen LogP contribution >= 0.6 is 0 Å². The van der Waals surface area contributed by atoms with Crippen LogP contribution in [0.2, 0.25) is 0 Å². The van der Waals surface area contributed by atoms with E-state index < -0.39 is 23.6 Å². The molecule has 11 nitrogen and oxygen atoms in total. The second kappa shape index (κ2) is 9.72. The van der Waals surface area contributed by atoms with E-state index in [1.165, 1.54) is 6.92 Å². The quantitative estimate of drug-likeness (QED) is 0.488. The normalized spacial score (nSPS) is 21.2. The van der Waals surface area contributed by atoms with Crippen LogP contribution in [0.5, 0.6) is 0 Å². The van der Waals surface area contributed by atoms with Crippen LogP contribution in [0.25, 0.3) is 0 Å². The molecular formula is C22H30N6O5. The number of carbonyl (C=O) groups is 4. The maximum absolute atomic E-state index is 12.8. The number of carbonyl (C=O) groups excluding carboxylic acids is 4. The largest absolute Gasteiger partial charge is 0.452 e. The van der Waals surface area contributed by atoms with E-state index in [0.717, 1.165) is 24.2 Å². The molecule has 3 heterocycles. The van der Waals surface area contributed by atoms with Gasteiger partial charge in [-0.3, -0.25) is 19.3 Å². The lowest BCUT2D eigenvalue weighted by atomic mass is 9.82. The van der Waals surface area contributed by atoms with E-state index >= 15 is 0 Å². The van der Waals surface area contributed by atoms with Gasteiger partial charge in [-0.2, -0.15) is 0 Å². The van der Waals surface area contributed by atoms with Gasteiger partial charge in [0.05, 0.1) is 6.42 Å². The van der Waals surface area contributed by atoms with Gasteiger partial charge in [-0.1, -0.05) is 19.3 Å². The Hall–Kier alpha value is -3.24. The number of rotatable bonds is 6. The molecule has 0 aromatic carbocycles. The standard InChI is InChI=1S/C22H30N6O5/c1-16(18(30)26-12-14-27(15-13-26)20-23-9-5-10-24-20)33-17(29)6-11-28-19(31)22(25-21(28)32)7-3-2-4-8-22/h5,9-10,16H,2-4,6-8,11-15H2,1H3,(H,25,32). The third-order valence-corrected chi connectivity index (χ3v) is 6.57. The zero-order valence-corrected chi connectivity index (χ0v) is 18.9. The van der Waals surface area contributed by atoms with Crippen LogP contribution in [0, 0.1) is 0 Å². The molecule has 1 aromatic rings. The molecule has 2 aliphatic heterocycles. The van der Waals surface area contributed by atoms with Gasteiger partial charge in [0.25, 0.3) is 11.8 Å². The molecule has 3 aliphatic rings. The van der Waals surface area contributed by atoms with Gasteiger partial charge in [-0.25, -0.2) is 14.8 Å². The lowest BCUT2D eigenvalue weighted by molar-refractivity contribution is -0.159. The van der Waals surface area contributed by atoms with E-state index in [2.05, 4.69) is 15.3 Å². The first kappa shape index (κ1) is 22.9. The molecule has 2 saturated heterocycles. The average molecular weight is 459 g/mol. The minimum atomic E-state index is -0.940. The van der Waals surface area contributed by atoms with Crippen LogP contribution in [-0.2, 0) is 19.1 Å². The highest BCUT2D eigenvalue weighted by Gasteiger charge is 2.51. The zero-order chi connectivity index (χ0) is 23.4. The van der Waals surface area contributed by atoms with Crippen molar-refractivity contribution in [3.05, 3.63) is 18.5 Å². The smallest absolute Gasteiger partial charge is 0.325 e. The van der Waals surface area contributed by atoms with Crippen molar-refractivity contribution in [2.45, 2.75) is 57.1 Å². The highest BCUT2D eigenvalue weighted by atomic mass is 16.5. The van der Waals surface area contributed by atoms with Gasteiger partial charge in [0, 0.05) is 45.1 Å². The van der Waals surface area contributed by atoms with Gasteiger partial charge >= 0.3 is 12.0 Å². The highest BCUT2D eigenvalue weighted by molar-refractivity contribution is 6.07. The van der Waals surface area contributed by atoms with Crippen LogP contribution in [-0.4, -0.2) is 87.9 Å². The molecule has 11 heteroatoms. The Kier molecular flexibility index (Phi) is 6.75. The maximum Gasteiger partial charge on any atom is 0.325 e. The summed E-state index contributed by atoms with van der Waals surface area (Å²) in [6.45, 7) is 3.61. The Balaban J connectivity index is 1.22. The lowest BCUT2D eigenvalue weighted by Crippen LogP contribution is -2.52. The number of ether oxygens (including phenoxy) is 1. The number of urea groups is 1. The fourth-order valence-electron chi connectivity index (χ4n) is 4.72. The van der Waals surface area contributed by atoms with Crippen molar-refractivity contribution >= 4 is 29.8 Å². The molecule has 1 unspecified atom stereocenters. The molecule has 1 spiro atoms. The van der Waals surface area contributed by atoms with E-state index in [0.29, 0.717) is 45.0 Å². The summed E-state index contributed by atoms with van der Waals surface area (Å²) in [6, 6.07) is 1.29. The Morgan fingerprint density at radius 2 is 1.76 bits per heavy atom. The molecule has 1 aromatic heterocycles. The number of nitrogens with zero attached hydrogens (tertiary/aromatic N) is 5. The minimum Gasteiger partial charge on any atom is -0.452 e. The van der Waals surface area contributed by atoms with E-state index in [4.69, 9.17) is 4.74 Å². The number of imide groups is 1. The van der Waals surface area contributed by atoms with Crippen molar-refractivity contribution in [1.29, 1.82) is 0 Å². The number of anilines is 1. The summed E-state index contributed by atoms with van der Waals surface area (Å²) in [4.78, 5) is 63.3. The second-order valence-corrected chi connectivity index (χ2v) is 8.77. The maximum atomic E-state index is 12.8. The molecule has 4 amide bonds. The predicted octanol–water partition coefficient (Wildman–Crippen LogP) is 0.702. The van der Waals surface area contributed by atoms with Crippen molar-refractivity contribution in [1.82, 2.24) is 25.1 Å². The molecule has 1 saturated carbocycles. The van der Waals surface area contributed by atoms with Crippen molar-refractivity contribution in [2.24, 2.45) is 0 Å². The van der Waals surface area contributed by atoms with Gasteiger partial charge in [0.2, 0.25) is 5.95 Å². The van der Waals surface area contributed by atoms with Gasteiger partial charge in [0.15, 0.2) is 6.10 Å². The Morgan fingerprint density at radius 1 is 1.09 bits per heavy atom. The molecule has 33 heavy (non-hydrogen) atoms. The molecule has 178 valence electrons. The number of nitrogens with one attached hydrogen (secondary N) is 1. The predicted molar refractivity (Wildman–Crippen MR) is 117 cm³/mol. The summed E-state index contributed by atoms with van der Waals surface area (Å²) in [6.07, 6.45) is 6.38. The van der Waals surface area contributed by atoms with Crippen LogP contribution in [0.3, 0.4) is 0 Å². The summed E-state index contributed by atoms with van der Waals surface area (Å²) in [5, 5.41) is 2.82. The number of hydrogen-bond acceptors (Lipinski definition) is 8. The summed E-state index contributed by atoms with van der Waals surface area (Å²) < 4.78 is 5.31. The van der Waals surface area contributed by atoms with E-state index in [9.17, 15) is 19.2 Å². The highest BCUT2D eigenvalue weighted by Crippen LogP contribution is 2.33. The lowest BCUT2D eigenvalue weighted by Gasteiger charge is -2.35. The van der Waals surface area contributed by atoms with Gasteiger partial charge in [0.1, 0.15) is 5.54 Å². The van der Waals surface area contributed by atoms with Gasteiger partial charge < -0.3 is 19.9 Å². The number of amides is 4. The molecular weight excluding hydrogens is 428 g/mol. The third kappa shape index (κ3) is 4.91. The monoisotopic (exact) mass is 458 g/mol. The fourth-order valence-corrected chi connectivity index (χ4v) is 4.72. The number of piperazine rings is 1. The summed E-state index contributed by atoms with van der Waals surface area (Å²) >= 11 is 0. The second-order valence-electron chi connectivity index (χ2n) is 8.77. The molecule has 1 atom stereocenters. The fraction of sp³-hybridized carbons (Fsp3) is 0.636. The Morgan fingerprint density at radius 3 is 2.42 bits per heavy atom. The molecule has 1 aliphatic carbocycles. The van der Waals surface area contributed by atoms with Crippen LogP contribution in [0.4, 0.5) is 10.7 Å². The van der Waals surface area contributed by atoms with Crippen molar-refractivity contribution in [3.8, 4) is 0 Å². The zero-order valence-electron chi connectivity index (χ0n) is 18.9. The van der Waals surface area contributed by atoms with Crippen LogP contribution in [0.1, 0.15) is 45.4 Å². The summed E-state index contributed by atoms with van der Waals surface area (Å²) in [5.41, 5.74) is -0.810. The van der Waals surface area contributed by atoms with Gasteiger partial charge in [-0.15, -0.1) is 0 Å². The number of esters is 1. The van der Waals surface area contributed by atoms with Crippen molar-refractivity contribution in [3.63, 3.8) is 0 Å². The van der Waals surface area contributed by atoms with Crippen LogP contribution in [0.15, 0.2) is 18.5 Å². The summed E-state index contributed by atoms with van der Waals surface area (Å²) in [7, 11) is 0. The molecule has 3 fully saturated rings. The molecule has 0 bridgehead atoms. The first-order valence-corrected chi connectivity index (χ1v) is 11.5. The molecule has 1 N–H and O–H groups in total. The number of hydrogen-bond donors (Lipinski definition) is 1. The number of aromatic nitrogens is 2. The molecule has 0 radical (unpaired) electrons. The topological polar surface area (TPSA) is 125 Å². The molecule has 4 rings (SSSR count). The first-order chi connectivity index (χ1) is 15.9. The van der Waals surface area contributed by atoms with E-state index in [1.54, 1.807) is 23.4 Å².